The van der Waals surface area contributed by atoms with Crippen molar-refractivity contribution in [1.29, 1.82) is 0 Å². The molecule has 3 N–H and O–H groups in total. The highest BCUT2D eigenvalue weighted by atomic mass is 35.5. The van der Waals surface area contributed by atoms with Gasteiger partial charge >= 0.3 is 0 Å². The first-order valence-corrected chi connectivity index (χ1v) is 8.00. The van der Waals surface area contributed by atoms with Gasteiger partial charge in [0.25, 0.3) is 0 Å². The largest absolute Gasteiger partial charge is 0.347 e. The van der Waals surface area contributed by atoms with Crippen molar-refractivity contribution < 1.29 is 14.0 Å². The van der Waals surface area contributed by atoms with E-state index in [4.69, 9.17) is 5.73 Å². The van der Waals surface area contributed by atoms with Crippen molar-refractivity contribution in [3.8, 4) is 0 Å². The number of hydrogen-bond donors (Lipinski definition) is 2. The number of nitrogens with two attached hydrogens (primary N) is 1. The normalized spacial score (nSPS) is 18.5. The fourth-order valence-corrected chi connectivity index (χ4v) is 2.85. The zero-order chi connectivity index (χ0) is 16.8. The van der Waals surface area contributed by atoms with E-state index in [1.54, 1.807) is 17.0 Å². The van der Waals surface area contributed by atoms with Gasteiger partial charge in [0.2, 0.25) is 11.8 Å². The lowest BCUT2D eigenvalue weighted by Gasteiger charge is -2.34. The van der Waals surface area contributed by atoms with Gasteiger partial charge in [-0.2, -0.15) is 0 Å². The second kappa shape index (κ2) is 9.59. The molecule has 24 heavy (non-hydrogen) atoms. The third-order valence-corrected chi connectivity index (χ3v) is 4.24. The van der Waals surface area contributed by atoms with Crippen LogP contribution in [0, 0.1) is 11.7 Å². The molecule has 0 radical (unpaired) electrons. The van der Waals surface area contributed by atoms with E-state index < -0.39 is 0 Å². The van der Waals surface area contributed by atoms with Crippen molar-refractivity contribution in [2.24, 2.45) is 11.7 Å². The van der Waals surface area contributed by atoms with Crippen LogP contribution in [0.3, 0.4) is 0 Å². The summed E-state index contributed by atoms with van der Waals surface area (Å²) in [5.74, 6) is -0.440. The van der Waals surface area contributed by atoms with Crippen LogP contribution in [0.2, 0.25) is 0 Å². The number of carbonyl (C=O) groups is 2. The van der Waals surface area contributed by atoms with Crippen molar-refractivity contribution in [1.82, 2.24) is 10.2 Å². The zero-order valence-electron chi connectivity index (χ0n) is 13.8. The summed E-state index contributed by atoms with van der Waals surface area (Å²) in [7, 11) is 0. The molecule has 0 spiro atoms. The molecular weight excluding hydrogens is 333 g/mol. The molecule has 1 aliphatic rings. The molecule has 1 heterocycles. The number of nitrogens with zero attached hydrogens (tertiary/aromatic N) is 1. The Morgan fingerprint density at radius 1 is 1.46 bits per heavy atom. The van der Waals surface area contributed by atoms with Gasteiger partial charge in [-0.15, -0.1) is 12.4 Å². The van der Waals surface area contributed by atoms with Crippen LogP contribution in [0.25, 0.3) is 0 Å². The van der Waals surface area contributed by atoms with E-state index in [9.17, 15) is 14.0 Å². The molecule has 1 aromatic rings. The molecule has 7 heteroatoms. The lowest BCUT2D eigenvalue weighted by molar-refractivity contribution is -0.134. The molecule has 0 aromatic heterocycles. The molecule has 2 unspecified atom stereocenters. The minimum absolute atomic E-state index is 0. The maximum absolute atomic E-state index is 13.1. The second-order valence-electron chi connectivity index (χ2n) is 6.18. The Labute approximate surface area is 148 Å². The van der Waals surface area contributed by atoms with Crippen molar-refractivity contribution in [2.45, 2.75) is 32.2 Å². The summed E-state index contributed by atoms with van der Waals surface area (Å²) in [5, 5.41) is 2.61. The predicted molar refractivity (Wildman–Crippen MR) is 93.3 cm³/mol. The van der Waals surface area contributed by atoms with Crippen LogP contribution < -0.4 is 11.1 Å². The highest BCUT2D eigenvalue weighted by molar-refractivity contribution is 5.86. The Bertz CT molecular complexity index is 569. The van der Waals surface area contributed by atoms with Gasteiger partial charge in [-0.05, 0) is 43.4 Å². The highest BCUT2D eigenvalue weighted by Crippen LogP contribution is 2.18. The van der Waals surface area contributed by atoms with Crippen molar-refractivity contribution in [2.75, 3.05) is 19.6 Å². The summed E-state index contributed by atoms with van der Waals surface area (Å²) in [4.78, 5) is 25.8. The number of carbonyl (C=O) groups excluding carboxylic acids is 2. The van der Waals surface area contributed by atoms with E-state index >= 15 is 0 Å². The maximum Gasteiger partial charge on any atom is 0.241 e. The van der Waals surface area contributed by atoms with Gasteiger partial charge in [-0.3, -0.25) is 9.59 Å². The number of rotatable bonds is 5. The number of amides is 2. The molecular formula is C17H25ClFN3O2. The molecule has 1 aliphatic heterocycles. The van der Waals surface area contributed by atoms with Gasteiger partial charge in [-0.25, -0.2) is 4.39 Å². The number of benzene rings is 1. The first-order chi connectivity index (χ1) is 11.0. The molecule has 2 amide bonds. The molecule has 0 aliphatic carbocycles. The van der Waals surface area contributed by atoms with Crippen molar-refractivity contribution in [3.05, 3.63) is 35.6 Å². The number of hydrogen-bond acceptors (Lipinski definition) is 3. The Balaban J connectivity index is 0.00000288. The molecule has 5 nitrogen and oxygen atoms in total. The molecule has 134 valence electrons. The van der Waals surface area contributed by atoms with E-state index in [-0.39, 0.29) is 49.0 Å². The number of likely N-dealkylation sites (tertiary alicyclic amines) is 1. The summed E-state index contributed by atoms with van der Waals surface area (Å²) in [6.45, 7) is 3.29. The third-order valence-electron chi connectivity index (χ3n) is 4.24. The predicted octanol–water partition coefficient (Wildman–Crippen LogP) is 1.49. The lowest BCUT2D eigenvalue weighted by Crippen LogP contribution is -2.48. The van der Waals surface area contributed by atoms with Gasteiger partial charge in [0, 0.05) is 19.1 Å². The fraction of sp³-hybridized carbons (Fsp3) is 0.529. The van der Waals surface area contributed by atoms with Crippen LogP contribution in [0.5, 0.6) is 0 Å². The van der Waals surface area contributed by atoms with Gasteiger partial charge in [0.1, 0.15) is 5.82 Å². The van der Waals surface area contributed by atoms with Gasteiger partial charge in [0.05, 0.1) is 13.0 Å². The SMILES string of the molecule is CC(N)C1CCCN(C(=O)CNC(=O)Cc2cccc(F)c2)C1.Cl. The topological polar surface area (TPSA) is 75.4 Å². The minimum Gasteiger partial charge on any atom is -0.347 e. The van der Waals surface area contributed by atoms with E-state index in [0.29, 0.717) is 24.6 Å². The summed E-state index contributed by atoms with van der Waals surface area (Å²) < 4.78 is 13.1. The van der Waals surface area contributed by atoms with Crippen LogP contribution in [0.4, 0.5) is 4.39 Å². The van der Waals surface area contributed by atoms with Gasteiger partial charge in [0.15, 0.2) is 0 Å². The van der Waals surface area contributed by atoms with Crippen molar-refractivity contribution in [3.63, 3.8) is 0 Å². The van der Waals surface area contributed by atoms with E-state index in [2.05, 4.69) is 5.32 Å². The van der Waals surface area contributed by atoms with Gasteiger partial charge < -0.3 is 16.0 Å². The van der Waals surface area contributed by atoms with Crippen LogP contribution in [0.15, 0.2) is 24.3 Å². The Morgan fingerprint density at radius 3 is 2.88 bits per heavy atom. The van der Waals surface area contributed by atoms with Crippen molar-refractivity contribution >= 4 is 24.2 Å². The summed E-state index contributed by atoms with van der Waals surface area (Å²) >= 11 is 0. The van der Waals surface area contributed by atoms with Crippen LogP contribution in [-0.2, 0) is 16.0 Å². The van der Waals surface area contributed by atoms with E-state index in [1.165, 1.54) is 12.1 Å². The fourth-order valence-electron chi connectivity index (χ4n) is 2.85. The van der Waals surface area contributed by atoms with Crippen LogP contribution in [-0.4, -0.2) is 42.4 Å². The van der Waals surface area contributed by atoms with E-state index in [1.807, 2.05) is 6.92 Å². The molecule has 2 rings (SSSR count). The molecule has 1 saturated heterocycles. The first kappa shape index (κ1) is 20.4. The molecule has 0 saturated carbocycles. The molecule has 1 fully saturated rings. The minimum atomic E-state index is -0.373. The zero-order valence-corrected chi connectivity index (χ0v) is 14.7. The first-order valence-electron chi connectivity index (χ1n) is 8.00. The quantitative estimate of drug-likeness (QED) is 0.838. The summed E-state index contributed by atoms with van der Waals surface area (Å²) in [6.07, 6.45) is 2.04. The third kappa shape index (κ3) is 6.09. The molecule has 1 aromatic carbocycles. The van der Waals surface area contributed by atoms with Gasteiger partial charge in [-0.1, -0.05) is 12.1 Å². The second-order valence-corrected chi connectivity index (χ2v) is 6.18. The smallest absolute Gasteiger partial charge is 0.241 e. The highest BCUT2D eigenvalue weighted by Gasteiger charge is 2.25. The standard InChI is InChI=1S/C17H24FN3O2.ClH/c1-12(19)14-5-3-7-21(11-14)17(23)10-20-16(22)9-13-4-2-6-15(18)8-13;/h2,4,6,8,12,14H,3,5,7,9-11,19H2,1H3,(H,20,22);1H. The monoisotopic (exact) mass is 357 g/mol. The molecule has 0 bridgehead atoms. The number of nitrogens with one attached hydrogen (secondary N) is 1. The summed E-state index contributed by atoms with van der Waals surface area (Å²) in [6, 6.07) is 5.95. The molecule has 2 atom stereocenters. The van der Waals surface area contributed by atoms with E-state index in [0.717, 1.165) is 12.8 Å². The average Bonchev–Trinajstić information content (AvgIpc) is 2.52. The lowest BCUT2D eigenvalue weighted by atomic mass is 9.92. The summed E-state index contributed by atoms with van der Waals surface area (Å²) in [5.41, 5.74) is 6.50. The number of halogens is 2. The Kier molecular flexibility index (Phi) is 8.15. The number of piperidine rings is 1. The Morgan fingerprint density at radius 2 is 2.21 bits per heavy atom. The maximum atomic E-state index is 13.1. The average molecular weight is 358 g/mol. The van der Waals surface area contributed by atoms with Crippen LogP contribution >= 0.6 is 12.4 Å². The van der Waals surface area contributed by atoms with Crippen LogP contribution in [0.1, 0.15) is 25.3 Å². The Hall–Kier alpha value is -1.66.